The van der Waals surface area contributed by atoms with Crippen LogP contribution >= 0.6 is 23.2 Å². The van der Waals surface area contributed by atoms with Gasteiger partial charge in [0.25, 0.3) is 0 Å². The number of halogens is 2. The summed E-state index contributed by atoms with van der Waals surface area (Å²) in [6.45, 7) is 0. The fraction of sp³-hybridized carbons (Fsp3) is 0.154. The van der Waals surface area contributed by atoms with E-state index in [0.717, 1.165) is 0 Å². The zero-order chi connectivity index (χ0) is 14.7. The molecule has 0 saturated carbocycles. The van der Waals surface area contributed by atoms with Crippen LogP contribution in [0.3, 0.4) is 0 Å². The molecule has 0 aliphatic heterocycles. The Morgan fingerprint density at radius 1 is 1.15 bits per heavy atom. The van der Waals surface area contributed by atoms with Gasteiger partial charge in [-0.1, -0.05) is 29.3 Å². The topological polar surface area (TPSA) is 67.5 Å². The normalized spacial score (nSPS) is 12.3. The van der Waals surface area contributed by atoms with Crippen molar-refractivity contribution in [1.82, 2.24) is 0 Å². The standard InChI is InChI=1S/C13H10Cl2O4S/c14-10-2-1-3-11(15)9(10)7-20(18)6-8-4-5-12(19-8)13(16)17/h1-5H,6-7H2,(H,16,17). The highest BCUT2D eigenvalue weighted by atomic mass is 35.5. The van der Waals surface area contributed by atoms with Crippen LogP contribution in [0.4, 0.5) is 0 Å². The highest BCUT2D eigenvalue weighted by molar-refractivity contribution is 7.83. The first-order valence-electron chi connectivity index (χ1n) is 5.57. The Hall–Kier alpha value is -1.30. The first-order chi connectivity index (χ1) is 9.47. The van der Waals surface area contributed by atoms with Gasteiger partial charge in [-0.2, -0.15) is 0 Å². The molecule has 1 unspecified atom stereocenters. The van der Waals surface area contributed by atoms with Crippen LogP contribution in [0.2, 0.25) is 10.0 Å². The molecular formula is C13H10Cl2O4S. The summed E-state index contributed by atoms with van der Waals surface area (Å²) in [5.41, 5.74) is 0.610. The van der Waals surface area contributed by atoms with Crippen LogP contribution in [0, 0.1) is 0 Å². The number of carboxylic acids is 1. The quantitative estimate of drug-likeness (QED) is 0.905. The van der Waals surface area contributed by atoms with Gasteiger partial charge >= 0.3 is 5.97 Å². The van der Waals surface area contributed by atoms with Gasteiger partial charge in [0.05, 0.1) is 11.5 Å². The van der Waals surface area contributed by atoms with E-state index in [1.165, 1.54) is 12.1 Å². The number of benzene rings is 1. The second-order valence-electron chi connectivity index (χ2n) is 4.00. The molecule has 20 heavy (non-hydrogen) atoms. The van der Waals surface area contributed by atoms with Crippen LogP contribution in [0.1, 0.15) is 21.9 Å². The molecule has 0 aliphatic rings. The summed E-state index contributed by atoms with van der Waals surface area (Å²) in [5, 5.41) is 9.65. The van der Waals surface area contributed by atoms with E-state index in [1.807, 2.05) is 0 Å². The van der Waals surface area contributed by atoms with Crippen molar-refractivity contribution in [3.63, 3.8) is 0 Å². The third-order valence-electron chi connectivity index (χ3n) is 2.54. The SMILES string of the molecule is O=C(O)c1ccc(CS(=O)Cc2c(Cl)cccc2Cl)o1. The lowest BCUT2D eigenvalue weighted by molar-refractivity contribution is 0.0661. The number of aromatic carboxylic acids is 1. The summed E-state index contributed by atoms with van der Waals surface area (Å²) in [7, 11) is -1.30. The molecule has 2 aromatic rings. The third-order valence-corrected chi connectivity index (χ3v) is 4.47. The number of hydrogen-bond acceptors (Lipinski definition) is 3. The van der Waals surface area contributed by atoms with E-state index in [9.17, 15) is 9.00 Å². The van der Waals surface area contributed by atoms with Gasteiger partial charge in [0, 0.05) is 26.4 Å². The van der Waals surface area contributed by atoms with E-state index < -0.39 is 16.8 Å². The summed E-state index contributed by atoms with van der Waals surface area (Å²) < 4.78 is 17.1. The smallest absolute Gasteiger partial charge is 0.371 e. The Bertz CT molecular complexity index is 646. The predicted octanol–water partition coefficient (Wildman–Crippen LogP) is 3.73. The number of furan rings is 1. The molecule has 7 heteroatoms. The molecule has 1 aromatic heterocycles. The lowest BCUT2D eigenvalue weighted by Gasteiger charge is -2.06. The maximum Gasteiger partial charge on any atom is 0.371 e. The van der Waals surface area contributed by atoms with Gasteiger partial charge in [0.1, 0.15) is 5.76 Å². The Morgan fingerprint density at radius 3 is 2.35 bits per heavy atom. The first kappa shape index (κ1) is 15.1. The van der Waals surface area contributed by atoms with Gasteiger partial charge in [0.15, 0.2) is 0 Å². The Kier molecular flexibility index (Phi) is 4.86. The van der Waals surface area contributed by atoms with Crippen molar-refractivity contribution in [2.24, 2.45) is 0 Å². The average Bonchev–Trinajstić information content (AvgIpc) is 2.82. The molecule has 0 saturated heterocycles. The number of carbonyl (C=O) groups is 1. The Balaban J connectivity index is 2.07. The molecule has 0 bridgehead atoms. The predicted molar refractivity (Wildman–Crippen MR) is 77.7 cm³/mol. The van der Waals surface area contributed by atoms with Crippen LogP contribution in [-0.4, -0.2) is 15.3 Å². The molecule has 1 N–H and O–H groups in total. The molecule has 1 heterocycles. The van der Waals surface area contributed by atoms with Gasteiger partial charge in [-0.3, -0.25) is 4.21 Å². The summed E-state index contributed by atoms with van der Waals surface area (Å²) in [6.07, 6.45) is 0. The molecular weight excluding hydrogens is 323 g/mol. The fourth-order valence-corrected chi connectivity index (χ4v) is 3.51. The highest BCUT2D eigenvalue weighted by Gasteiger charge is 2.14. The lowest BCUT2D eigenvalue weighted by atomic mass is 10.2. The number of hydrogen-bond donors (Lipinski definition) is 1. The van der Waals surface area contributed by atoms with Crippen molar-refractivity contribution < 1.29 is 18.5 Å². The van der Waals surface area contributed by atoms with Crippen molar-refractivity contribution in [3.05, 3.63) is 57.5 Å². The molecule has 2 rings (SSSR count). The van der Waals surface area contributed by atoms with E-state index in [0.29, 0.717) is 21.4 Å². The maximum absolute atomic E-state index is 12.1. The summed E-state index contributed by atoms with van der Waals surface area (Å²) in [6, 6.07) is 7.89. The Morgan fingerprint density at radius 2 is 1.80 bits per heavy atom. The van der Waals surface area contributed by atoms with E-state index in [4.69, 9.17) is 32.7 Å². The molecule has 0 radical (unpaired) electrons. The van der Waals surface area contributed by atoms with E-state index in [-0.39, 0.29) is 17.3 Å². The molecule has 4 nitrogen and oxygen atoms in total. The van der Waals surface area contributed by atoms with Crippen molar-refractivity contribution in [2.75, 3.05) is 0 Å². The van der Waals surface area contributed by atoms with Crippen LogP contribution in [0.15, 0.2) is 34.7 Å². The van der Waals surface area contributed by atoms with Gasteiger partial charge in [-0.15, -0.1) is 0 Å². The van der Waals surface area contributed by atoms with Crippen LogP contribution in [-0.2, 0) is 22.3 Å². The minimum atomic E-state index is -1.30. The van der Waals surface area contributed by atoms with Gasteiger partial charge in [0.2, 0.25) is 5.76 Å². The molecule has 0 spiro atoms. The molecule has 106 valence electrons. The largest absolute Gasteiger partial charge is 0.475 e. The molecule has 0 aliphatic carbocycles. The zero-order valence-electron chi connectivity index (χ0n) is 10.1. The molecule has 1 aromatic carbocycles. The lowest BCUT2D eigenvalue weighted by Crippen LogP contribution is -2.00. The van der Waals surface area contributed by atoms with E-state index in [1.54, 1.807) is 18.2 Å². The fourth-order valence-electron chi connectivity index (χ4n) is 1.61. The zero-order valence-corrected chi connectivity index (χ0v) is 12.5. The minimum Gasteiger partial charge on any atom is -0.475 e. The number of carboxylic acid groups (broad SMARTS) is 1. The van der Waals surface area contributed by atoms with Gasteiger partial charge in [-0.05, 0) is 24.3 Å². The highest BCUT2D eigenvalue weighted by Crippen LogP contribution is 2.26. The van der Waals surface area contributed by atoms with Crippen molar-refractivity contribution >= 4 is 40.0 Å². The van der Waals surface area contributed by atoms with Crippen LogP contribution in [0.25, 0.3) is 0 Å². The van der Waals surface area contributed by atoms with Gasteiger partial charge in [-0.25, -0.2) is 4.79 Å². The van der Waals surface area contributed by atoms with Crippen molar-refractivity contribution in [1.29, 1.82) is 0 Å². The monoisotopic (exact) mass is 332 g/mol. The van der Waals surface area contributed by atoms with E-state index in [2.05, 4.69) is 0 Å². The second-order valence-corrected chi connectivity index (χ2v) is 6.27. The molecule has 1 atom stereocenters. The van der Waals surface area contributed by atoms with Gasteiger partial charge < -0.3 is 9.52 Å². The van der Waals surface area contributed by atoms with Crippen molar-refractivity contribution in [3.8, 4) is 0 Å². The second kappa shape index (κ2) is 6.43. The molecule has 0 amide bonds. The van der Waals surface area contributed by atoms with Crippen LogP contribution in [0.5, 0.6) is 0 Å². The van der Waals surface area contributed by atoms with Crippen molar-refractivity contribution in [2.45, 2.75) is 11.5 Å². The van der Waals surface area contributed by atoms with E-state index >= 15 is 0 Å². The third kappa shape index (κ3) is 3.62. The Labute approximate surface area is 127 Å². The first-order valence-corrected chi connectivity index (χ1v) is 7.81. The maximum atomic E-state index is 12.1. The molecule has 0 fully saturated rings. The summed E-state index contributed by atoms with van der Waals surface area (Å²) in [4.78, 5) is 10.7. The average molecular weight is 333 g/mol. The number of rotatable bonds is 5. The minimum absolute atomic E-state index is 0.106. The van der Waals surface area contributed by atoms with Crippen LogP contribution < -0.4 is 0 Å². The summed E-state index contributed by atoms with van der Waals surface area (Å²) >= 11 is 12.0. The summed E-state index contributed by atoms with van der Waals surface area (Å²) in [5.74, 6) is -0.691.